The molecule has 0 spiro atoms. The number of nitrogens with two attached hydrogens (primary N) is 1. The first-order valence-corrected chi connectivity index (χ1v) is 5.75. The van der Waals surface area contributed by atoms with Crippen LogP contribution >= 0.6 is 0 Å². The van der Waals surface area contributed by atoms with Crippen LogP contribution in [0.15, 0.2) is 24.3 Å². The summed E-state index contributed by atoms with van der Waals surface area (Å²) in [5.41, 5.74) is 7.30. The Morgan fingerprint density at radius 1 is 1.28 bits per heavy atom. The molecule has 5 heteroatoms. The van der Waals surface area contributed by atoms with Crippen molar-refractivity contribution < 1.29 is 4.39 Å². The molecular formula is C13H15FN4. The van der Waals surface area contributed by atoms with Crippen LogP contribution < -0.4 is 11.1 Å². The molecule has 0 aliphatic rings. The smallest absolute Gasteiger partial charge is 0.136 e. The molecule has 2 aromatic rings. The molecule has 0 radical (unpaired) electrons. The van der Waals surface area contributed by atoms with E-state index in [4.69, 9.17) is 5.73 Å². The number of aryl methyl sites for hydroxylation is 2. The van der Waals surface area contributed by atoms with E-state index in [2.05, 4.69) is 15.3 Å². The maximum Gasteiger partial charge on any atom is 0.136 e. The maximum absolute atomic E-state index is 13.2. The highest BCUT2D eigenvalue weighted by Crippen LogP contribution is 2.21. The number of nitrogen functional groups attached to an aromatic ring is 1. The third-order valence-electron chi connectivity index (χ3n) is 2.57. The van der Waals surface area contributed by atoms with Gasteiger partial charge in [0, 0.05) is 18.2 Å². The summed E-state index contributed by atoms with van der Waals surface area (Å²) in [7, 11) is 0. The highest BCUT2D eigenvalue weighted by molar-refractivity contribution is 5.61. The molecule has 1 aromatic carbocycles. The molecular weight excluding hydrogens is 231 g/mol. The van der Waals surface area contributed by atoms with Gasteiger partial charge in [-0.05, 0) is 24.6 Å². The molecule has 1 heterocycles. The summed E-state index contributed by atoms with van der Waals surface area (Å²) in [5.74, 6) is 1.35. The quantitative estimate of drug-likeness (QED) is 0.874. The van der Waals surface area contributed by atoms with E-state index in [0.717, 1.165) is 5.56 Å². The second kappa shape index (κ2) is 5.00. The maximum atomic E-state index is 13.2. The van der Waals surface area contributed by atoms with E-state index in [9.17, 15) is 4.39 Å². The lowest BCUT2D eigenvalue weighted by molar-refractivity contribution is 0.628. The number of hydrogen-bond donors (Lipinski definition) is 2. The second-order valence-electron chi connectivity index (χ2n) is 4.03. The zero-order valence-electron chi connectivity index (χ0n) is 10.4. The molecule has 0 saturated carbocycles. The van der Waals surface area contributed by atoms with Crippen LogP contribution in [0, 0.1) is 12.7 Å². The van der Waals surface area contributed by atoms with Gasteiger partial charge in [-0.2, -0.15) is 0 Å². The van der Waals surface area contributed by atoms with E-state index < -0.39 is 0 Å². The van der Waals surface area contributed by atoms with Crippen molar-refractivity contribution in [1.29, 1.82) is 0 Å². The number of nitrogens with one attached hydrogen (secondary N) is 1. The standard InChI is InChI=1S/C13H15FN4/c1-3-12-17-11(15)7-13(18-12)16-10-6-9(14)5-4-8(10)2/h4-7H,3H2,1-2H3,(H3,15,16,17,18). The largest absolute Gasteiger partial charge is 0.384 e. The highest BCUT2D eigenvalue weighted by Gasteiger charge is 2.04. The Morgan fingerprint density at radius 3 is 2.78 bits per heavy atom. The fourth-order valence-electron chi connectivity index (χ4n) is 1.61. The molecule has 0 atom stereocenters. The van der Waals surface area contributed by atoms with Gasteiger partial charge < -0.3 is 11.1 Å². The van der Waals surface area contributed by atoms with Crippen LogP contribution in [0.25, 0.3) is 0 Å². The molecule has 0 aliphatic carbocycles. The third-order valence-corrected chi connectivity index (χ3v) is 2.57. The molecule has 2 rings (SSSR count). The highest BCUT2D eigenvalue weighted by atomic mass is 19.1. The Labute approximate surface area is 105 Å². The number of rotatable bonds is 3. The van der Waals surface area contributed by atoms with Crippen LogP contribution in [-0.4, -0.2) is 9.97 Å². The lowest BCUT2D eigenvalue weighted by Gasteiger charge is -2.10. The zero-order chi connectivity index (χ0) is 13.1. The summed E-state index contributed by atoms with van der Waals surface area (Å²) < 4.78 is 13.2. The van der Waals surface area contributed by atoms with Crippen molar-refractivity contribution in [1.82, 2.24) is 9.97 Å². The zero-order valence-corrected chi connectivity index (χ0v) is 10.4. The van der Waals surface area contributed by atoms with Gasteiger partial charge in [0.05, 0.1) is 0 Å². The Bertz CT molecular complexity index is 569. The molecule has 0 amide bonds. The van der Waals surface area contributed by atoms with Crippen molar-refractivity contribution in [3.8, 4) is 0 Å². The molecule has 0 fully saturated rings. The Hall–Kier alpha value is -2.17. The van der Waals surface area contributed by atoms with Crippen LogP contribution in [-0.2, 0) is 6.42 Å². The summed E-state index contributed by atoms with van der Waals surface area (Å²) in [6.45, 7) is 3.85. The van der Waals surface area contributed by atoms with Gasteiger partial charge in [-0.3, -0.25) is 0 Å². The van der Waals surface area contributed by atoms with Crippen molar-refractivity contribution in [3.63, 3.8) is 0 Å². The molecule has 0 unspecified atom stereocenters. The molecule has 1 aromatic heterocycles. The summed E-state index contributed by atoms with van der Waals surface area (Å²) in [4.78, 5) is 8.38. The lowest BCUT2D eigenvalue weighted by Crippen LogP contribution is -2.03. The molecule has 0 bridgehead atoms. The van der Waals surface area contributed by atoms with Crippen molar-refractivity contribution in [2.24, 2.45) is 0 Å². The van der Waals surface area contributed by atoms with Gasteiger partial charge in [-0.15, -0.1) is 0 Å². The first-order valence-electron chi connectivity index (χ1n) is 5.75. The minimum atomic E-state index is -0.291. The Morgan fingerprint density at radius 2 is 2.06 bits per heavy atom. The minimum absolute atomic E-state index is 0.291. The van der Waals surface area contributed by atoms with Gasteiger partial charge in [-0.1, -0.05) is 13.0 Å². The van der Waals surface area contributed by atoms with Crippen molar-refractivity contribution in [3.05, 3.63) is 41.5 Å². The number of anilines is 3. The van der Waals surface area contributed by atoms with Crippen molar-refractivity contribution in [2.75, 3.05) is 11.1 Å². The Balaban J connectivity index is 2.33. The summed E-state index contributed by atoms with van der Waals surface area (Å²) in [6.07, 6.45) is 0.696. The van der Waals surface area contributed by atoms with Crippen LogP contribution in [0.1, 0.15) is 18.3 Å². The number of halogens is 1. The predicted molar refractivity (Wildman–Crippen MR) is 70.2 cm³/mol. The fourth-order valence-corrected chi connectivity index (χ4v) is 1.61. The average Bonchev–Trinajstić information content (AvgIpc) is 2.33. The van der Waals surface area contributed by atoms with Crippen LogP contribution in [0.4, 0.5) is 21.7 Å². The van der Waals surface area contributed by atoms with Crippen molar-refractivity contribution >= 4 is 17.3 Å². The number of hydrogen-bond acceptors (Lipinski definition) is 4. The van der Waals surface area contributed by atoms with Gasteiger partial charge in [0.15, 0.2) is 0 Å². The minimum Gasteiger partial charge on any atom is -0.384 e. The van der Waals surface area contributed by atoms with E-state index in [1.165, 1.54) is 12.1 Å². The van der Waals surface area contributed by atoms with Crippen LogP contribution in [0.3, 0.4) is 0 Å². The SMILES string of the molecule is CCc1nc(N)cc(Nc2cc(F)ccc2C)n1. The molecule has 18 heavy (non-hydrogen) atoms. The van der Waals surface area contributed by atoms with Crippen molar-refractivity contribution in [2.45, 2.75) is 20.3 Å². The summed E-state index contributed by atoms with van der Waals surface area (Å²) >= 11 is 0. The van der Waals surface area contributed by atoms with Gasteiger partial charge in [-0.25, -0.2) is 14.4 Å². The predicted octanol–water partition coefficient (Wildman–Crippen LogP) is 2.81. The van der Waals surface area contributed by atoms with Crippen LogP contribution in [0.5, 0.6) is 0 Å². The molecule has 0 aliphatic heterocycles. The van der Waals surface area contributed by atoms with E-state index >= 15 is 0 Å². The van der Waals surface area contributed by atoms with E-state index in [1.807, 2.05) is 13.8 Å². The monoisotopic (exact) mass is 246 g/mol. The first kappa shape index (κ1) is 12.3. The van der Waals surface area contributed by atoms with Gasteiger partial charge >= 0.3 is 0 Å². The van der Waals surface area contributed by atoms with Crippen LogP contribution in [0.2, 0.25) is 0 Å². The van der Waals surface area contributed by atoms with E-state index in [1.54, 1.807) is 12.1 Å². The Kier molecular flexibility index (Phi) is 3.41. The summed E-state index contributed by atoms with van der Waals surface area (Å²) in [6, 6.07) is 6.19. The molecule has 3 N–H and O–H groups in total. The topological polar surface area (TPSA) is 63.8 Å². The van der Waals surface area contributed by atoms with E-state index in [-0.39, 0.29) is 5.82 Å². The summed E-state index contributed by atoms with van der Waals surface area (Å²) in [5, 5.41) is 3.06. The van der Waals surface area contributed by atoms with Gasteiger partial charge in [0.1, 0.15) is 23.3 Å². The van der Waals surface area contributed by atoms with Gasteiger partial charge in [0.2, 0.25) is 0 Å². The lowest BCUT2D eigenvalue weighted by atomic mass is 10.2. The fraction of sp³-hybridized carbons (Fsp3) is 0.231. The normalized spacial score (nSPS) is 10.4. The third kappa shape index (κ3) is 2.74. The number of nitrogens with zero attached hydrogens (tertiary/aromatic N) is 2. The van der Waals surface area contributed by atoms with E-state index in [0.29, 0.717) is 29.6 Å². The number of aromatic nitrogens is 2. The molecule has 94 valence electrons. The average molecular weight is 246 g/mol. The van der Waals surface area contributed by atoms with Gasteiger partial charge in [0.25, 0.3) is 0 Å². The molecule has 4 nitrogen and oxygen atoms in total. The number of benzene rings is 1. The first-order chi connectivity index (χ1) is 8.58. The molecule has 0 saturated heterocycles. The second-order valence-corrected chi connectivity index (χ2v) is 4.03.